The Morgan fingerprint density at radius 2 is 2.27 bits per heavy atom. The molecule has 0 bridgehead atoms. The minimum Gasteiger partial charge on any atom is -0.364 e. The number of hydrogen-bond donors (Lipinski definition) is 1. The fourth-order valence-electron chi connectivity index (χ4n) is 1.60. The van der Waals surface area contributed by atoms with E-state index in [1.165, 1.54) is 6.07 Å². The average molecular weight is 222 g/mol. The van der Waals surface area contributed by atoms with E-state index in [9.17, 15) is 4.39 Å². The lowest BCUT2D eigenvalue weighted by molar-refractivity contribution is 0.611. The summed E-state index contributed by atoms with van der Waals surface area (Å²) >= 11 is 1.72. The topological polar surface area (TPSA) is 35.8 Å². The van der Waals surface area contributed by atoms with E-state index in [1.54, 1.807) is 30.0 Å². The molecule has 2 rings (SSSR count). The van der Waals surface area contributed by atoms with E-state index in [0.717, 1.165) is 17.9 Å². The molecule has 0 aliphatic carbocycles. The smallest absolute Gasteiger partial charge is 0.146 e. The lowest BCUT2D eigenvalue weighted by Gasteiger charge is -2.22. The summed E-state index contributed by atoms with van der Waals surface area (Å²) in [4.78, 5) is 0. The second kappa shape index (κ2) is 4.11. The zero-order valence-electron chi connectivity index (χ0n) is 8.16. The molecule has 15 heavy (non-hydrogen) atoms. The summed E-state index contributed by atoms with van der Waals surface area (Å²) in [6.07, 6.45) is 0.766. The van der Waals surface area contributed by atoms with Crippen LogP contribution in [0.25, 0.3) is 0 Å². The third-order valence-electron chi connectivity index (χ3n) is 2.48. The van der Waals surface area contributed by atoms with Crippen molar-refractivity contribution in [2.45, 2.75) is 12.0 Å². The maximum atomic E-state index is 13.4. The highest BCUT2D eigenvalue weighted by Crippen LogP contribution is 2.31. The Morgan fingerprint density at radius 1 is 1.47 bits per heavy atom. The van der Waals surface area contributed by atoms with Gasteiger partial charge in [-0.25, -0.2) is 4.39 Å². The zero-order chi connectivity index (χ0) is 10.7. The number of nitrogens with one attached hydrogen (secondary N) is 1. The molecule has 0 amide bonds. The molecule has 0 saturated carbocycles. The second-order valence-electron chi connectivity index (χ2n) is 3.60. The number of para-hydroxylation sites is 1. The van der Waals surface area contributed by atoms with Gasteiger partial charge in [0.1, 0.15) is 11.4 Å². The van der Waals surface area contributed by atoms with Crippen LogP contribution in [-0.4, -0.2) is 17.0 Å². The minimum absolute atomic E-state index is 0.302. The molecule has 78 valence electrons. The van der Waals surface area contributed by atoms with Gasteiger partial charge < -0.3 is 5.32 Å². The predicted octanol–water partition coefficient (Wildman–Crippen LogP) is 2.64. The lowest BCUT2D eigenvalue weighted by Crippen LogP contribution is -2.36. The second-order valence-corrected chi connectivity index (χ2v) is 4.71. The Balaban J connectivity index is 2.21. The van der Waals surface area contributed by atoms with Crippen LogP contribution in [-0.2, 0) is 0 Å². The van der Waals surface area contributed by atoms with Crippen molar-refractivity contribution < 1.29 is 4.39 Å². The molecule has 0 aromatic heterocycles. The van der Waals surface area contributed by atoms with Gasteiger partial charge in [0, 0.05) is 5.75 Å². The summed E-state index contributed by atoms with van der Waals surface area (Å²) in [5.41, 5.74) is -0.172. The van der Waals surface area contributed by atoms with Gasteiger partial charge in [0.15, 0.2) is 0 Å². The minimum atomic E-state index is -0.590. The zero-order valence-corrected chi connectivity index (χ0v) is 8.98. The molecule has 1 heterocycles. The van der Waals surface area contributed by atoms with E-state index in [4.69, 9.17) is 5.26 Å². The first-order valence-corrected chi connectivity index (χ1v) is 5.93. The first-order valence-electron chi connectivity index (χ1n) is 4.77. The first kappa shape index (κ1) is 10.3. The van der Waals surface area contributed by atoms with Gasteiger partial charge in [0.05, 0.1) is 11.8 Å². The van der Waals surface area contributed by atoms with Crippen molar-refractivity contribution in [3.63, 3.8) is 0 Å². The van der Waals surface area contributed by atoms with Crippen LogP contribution in [0.3, 0.4) is 0 Å². The van der Waals surface area contributed by atoms with Crippen LogP contribution in [0.5, 0.6) is 0 Å². The molecule has 1 fully saturated rings. The van der Waals surface area contributed by atoms with Gasteiger partial charge in [-0.2, -0.15) is 17.0 Å². The first-order chi connectivity index (χ1) is 7.26. The van der Waals surface area contributed by atoms with Crippen molar-refractivity contribution in [3.05, 3.63) is 30.1 Å². The maximum absolute atomic E-state index is 13.4. The van der Waals surface area contributed by atoms with E-state index in [1.807, 2.05) is 0 Å². The number of nitrogens with zero attached hydrogens (tertiary/aromatic N) is 1. The molecule has 0 spiro atoms. The molecule has 1 atom stereocenters. The number of halogens is 1. The highest BCUT2D eigenvalue weighted by atomic mass is 32.2. The molecule has 1 aromatic rings. The Kier molecular flexibility index (Phi) is 2.83. The van der Waals surface area contributed by atoms with Gasteiger partial charge in [-0.05, 0) is 24.3 Å². The fourth-order valence-corrected chi connectivity index (χ4v) is 2.87. The van der Waals surface area contributed by atoms with Crippen LogP contribution in [0.2, 0.25) is 0 Å². The quantitative estimate of drug-likeness (QED) is 0.835. The number of thioether (sulfide) groups is 1. The SMILES string of the molecule is N#CC1(Nc2ccccc2F)CCSC1. The third-order valence-corrected chi connectivity index (χ3v) is 3.67. The lowest BCUT2D eigenvalue weighted by atomic mass is 10.0. The molecule has 1 aromatic carbocycles. The maximum Gasteiger partial charge on any atom is 0.146 e. The van der Waals surface area contributed by atoms with E-state index in [2.05, 4.69) is 11.4 Å². The molecule has 2 nitrogen and oxygen atoms in total. The highest BCUT2D eigenvalue weighted by molar-refractivity contribution is 7.99. The van der Waals surface area contributed by atoms with Gasteiger partial charge in [-0.3, -0.25) is 0 Å². The average Bonchev–Trinajstić information content (AvgIpc) is 2.71. The van der Waals surface area contributed by atoms with E-state index in [-0.39, 0.29) is 5.82 Å². The van der Waals surface area contributed by atoms with E-state index in [0.29, 0.717) is 5.69 Å². The van der Waals surface area contributed by atoms with Gasteiger partial charge in [-0.15, -0.1) is 0 Å². The molecule has 1 N–H and O–H groups in total. The van der Waals surface area contributed by atoms with Crippen molar-refractivity contribution in [3.8, 4) is 6.07 Å². The number of anilines is 1. The fraction of sp³-hybridized carbons (Fsp3) is 0.364. The van der Waals surface area contributed by atoms with E-state index >= 15 is 0 Å². The molecular weight excluding hydrogens is 211 g/mol. The van der Waals surface area contributed by atoms with Crippen LogP contribution < -0.4 is 5.32 Å². The number of nitriles is 1. The Morgan fingerprint density at radius 3 is 2.87 bits per heavy atom. The normalized spacial score (nSPS) is 24.8. The van der Waals surface area contributed by atoms with Crippen LogP contribution in [0.1, 0.15) is 6.42 Å². The third kappa shape index (κ3) is 2.07. The van der Waals surface area contributed by atoms with Crippen molar-refractivity contribution in [1.29, 1.82) is 5.26 Å². The molecule has 1 saturated heterocycles. The van der Waals surface area contributed by atoms with Crippen LogP contribution in [0, 0.1) is 17.1 Å². The molecule has 0 radical (unpaired) electrons. The summed E-state index contributed by atoms with van der Waals surface area (Å²) in [6, 6.07) is 8.72. The van der Waals surface area contributed by atoms with Crippen LogP contribution in [0.15, 0.2) is 24.3 Å². The van der Waals surface area contributed by atoms with Crippen LogP contribution >= 0.6 is 11.8 Å². The summed E-state index contributed by atoms with van der Waals surface area (Å²) in [6.45, 7) is 0. The van der Waals surface area contributed by atoms with Crippen molar-refractivity contribution in [1.82, 2.24) is 0 Å². The summed E-state index contributed by atoms with van der Waals surface area (Å²) < 4.78 is 13.4. The number of rotatable bonds is 2. The molecule has 1 aliphatic heterocycles. The van der Waals surface area contributed by atoms with Crippen molar-refractivity contribution >= 4 is 17.4 Å². The molecular formula is C11H11FN2S. The standard InChI is InChI=1S/C11H11FN2S/c12-9-3-1-2-4-10(9)14-11(7-13)5-6-15-8-11/h1-4,14H,5-6,8H2. The molecule has 4 heteroatoms. The predicted molar refractivity (Wildman–Crippen MR) is 60.3 cm³/mol. The Labute approximate surface area is 92.5 Å². The van der Waals surface area contributed by atoms with Gasteiger partial charge in [0.2, 0.25) is 0 Å². The monoisotopic (exact) mass is 222 g/mol. The van der Waals surface area contributed by atoms with Gasteiger partial charge in [0.25, 0.3) is 0 Å². The number of benzene rings is 1. The Hall–Kier alpha value is -1.21. The largest absolute Gasteiger partial charge is 0.364 e. The van der Waals surface area contributed by atoms with Gasteiger partial charge in [-0.1, -0.05) is 12.1 Å². The van der Waals surface area contributed by atoms with Gasteiger partial charge >= 0.3 is 0 Å². The van der Waals surface area contributed by atoms with Crippen molar-refractivity contribution in [2.24, 2.45) is 0 Å². The summed E-state index contributed by atoms with van der Waals surface area (Å²) in [7, 11) is 0. The molecule has 1 unspecified atom stereocenters. The highest BCUT2D eigenvalue weighted by Gasteiger charge is 2.34. The number of hydrogen-bond acceptors (Lipinski definition) is 3. The molecule has 1 aliphatic rings. The van der Waals surface area contributed by atoms with Crippen molar-refractivity contribution in [2.75, 3.05) is 16.8 Å². The van der Waals surface area contributed by atoms with Crippen LogP contribution in [0.4, 0.5) is 10.1 Å². The van der Waals surface area contributed by atoms with E-state index < -0.39 is 5.54 Å². The summed E-state index contributed by atoms with van der Waals surface area (Å²) in [5, 5.41) is 12.1. The summed E-state index contributed by atoms with van der Waals surface area (Å²) in [5.74, 6) is 1.37. The Bertz CT molecular complexity index is 394.